The lowest BCUT2D eigenvalue weighted by molar-refractivity contribution is -0.384. The number of piperazine rings is 1. The number of nitro benzene ring substituents is 1. The Bertz CT molecular complexity index is 856. The Labute approximate surface area is 173 Å². The zero-order valence-corrected chi connectivity index (χ0v) is 16.6. The average molecular weight is 420 g/mol. The van der Waals surface area contributed by atoms with Gasteiger partial charge in [0.25, 0.3) is 11.6 Å². The van der Waals surface area contributed by atoms with Crippen molar-refractivity contribution in [3.63, 3.8) is 0 Å². The molecule has 29 heavy (non-hydrogen) atoms. The van der Waals surface area contributed by atoms with Crippen LogP contribution < -0.4 is 9.47 Å². The van der Waals surface area contributed by atoms with Crippen LogP contribution in [0.25, 0.3) is 0 Å². The SMILES string of the molecule is O=C(COc1cccc([N+](=O)[O-])c1)N1CCN(CCOc2ccccc2Cl)CC1. The number of ether oxygens (including phenoxy) is 2. The number of nitro groups is 1. The minimum atomic E-state index is -0.497. The first-order valence-corrected chi connectivity index (χ1v) is 9.65. The minimum absolute atomic E-state index is 0.0671. The van der Waals surface area contributed by atoms with Crippen molar-refractivity contribution < 1.29 is 19.2 Å². The lowest BCUT2D eigenvalue weighted by Gasteiger charge is -2.34. The fourth-order valence-corrected chi connectivity index (χ4v) is 3.18. The summed E-state index contributed by atoms with van der Waals surface area (Å²) >= 11 is 6.07. The van der Waals surface area contributed by atoms with Crippen LogP contribution in [-0.4, -0.2) is 66.6 Å². The Balaban J connectivity index is 1.37. The maximum Gasteiger partial charge on any atom is 0.273 e. The van der Waals surface area contributed by atoms with E-state index in [9.17, 15) is 14.9 Å². The van der Waals surface area contributed by atoms with E-state index in [1.807, 2.05) is 18.2 Å². The molecular weight excluding hydrogens is 398 g/mol. The van der Waals surface area contributed by atoms with Gasteiger partial charge in [-0.25, -0.2) is 0 Å². The maximum absolute atomic E-state index is 12.3. The largest absolute Gasteiger partial charge is 0.491 e. The quantitative estimate of drug-likeness (QED) is 0.483. The summed E-state index contributed by atoms with van der Waals surface area (Å²) in [6.07, 6.45) is 0. The van der Waals surface area contributed by atoms with Gasteiger partial charge in [-0.3, -0.25) is 19.8 Å². The van der Waals surface area contributed by atoms with E-state index in [4.69, 9.17) is 21.1 Å². The molecule has 0 spiro atoms. The van der Waals surface area contributed by atoms with Gasteiger partial charge in [0.1, 0.15) is 18.1 Å². The van der Waals surface area contributed by atoms with Crippen LogP contribution in [0.3, 0.4) is 0 Å². The van der Waals surface area contributed by atoms with Crippen molar-refractivity contribution in [3.05, 3.63) is 63.7 Å². The topological polar surface area (TPSA) is 85.1 Å². The second-order valence-electron chi connectivity index (χ2n) is 6.54. The zero-order chi connectivity index (χ0) is 20.6. The summed E-state index contributed by atoms with van der Waals surface area (Å²) < 4.78 is 11.1. The van der Waals surface area contributed by atoms with Crippen LogP contribution in [-0.2, 0) is 4.79 Å². The number of non-ortho nitro benzene ring substituents is 1. The molecule has 1 saturated heterocycles. The molecule has 1 aliphatic heterocycles. The van der Waals surface area contributed by atoms with Crippen LogP contribution >= 0.6 is 11.6 Å². The summed E-state index contributed by atoms with van der Waals surface area (Å²) in [6.45, 7) is 3.82. The van der Waals surface area contributed by atoms with Crippen LogP contribution in [0.4, 0.5) is 5.69 Å². The van der Waals surface area contributed by atoms with Gasteiger partial charge >= 0.3 is 0 Å². The van der Waals surface area contributed by atoms with Crippen molar-refractivity contribution in [2.24, 2.45) is 0 Å². The molecule has 0 aliphatic carbocycles. The molecule has 154 valence electrons. The van der Waals surface area contributed by atoms with Crippen molar-refractivity contribution in [2.45, 2.75) is 0 Å². The van der Waals surface area contributed by atoms with E-state index < -0.39 is 4.92 Å². The Hall–Kier alpha value is -2.84. The van der Waals surface area contributed by atoms with E-state index in [0.717, 1.165) is 19.6 Å². The average Bonchev–Trinajstić information content (AvgIpc) is 2.74. The first kappa shape index (κ1) is 20.9. The predicted octanol–water partition coefficient (Wildman–Crippen LogP) is 2.85. The molecule has 2 aromatic rings. The van der Waals surface area contributed by atoms with Crippen molar-refractivity contribution >= 4 is 23.2 Å². The summed E-state index contributed by atoms with van der Waals surface area (Å²) in [5.41, 5.74) is -0.0671. The van der Waals surface area contributed by atoms with Gasteiger partial charge in [-0.15, -0.1) is 0 Å². The first-order valence-electron chi connectivity index (χ1n) is 9.27. The highest BCUT2D eigenvalue weighted by Gasteiger charge is 2.21. The van der Waals surface area contributed by atoms with Gasteiger partial charge in [0, 0.05) is 38.8 Å². The van der Waals surface area contributed by atoms with E-state index in [-0.39, 0.29) is 18.2 Å². The Morgan fingerprint density at radius 2 is 1.83 bits per heavy atom. The maximum atomic E-state index is 12.3. The van der Waals surface area contributed by atoms with E-state index >= 15 is 0 Å². The molecule has 0 unspecified atom stereocenters. The van der Waals surface area contributed by atoms with Crippen molar-refractivity contribution in [2.75, 3.05) is 45.9 Å². The second-order valence-corrected chi connectivity index (χ2v) is 6.95. The minimum Gasteiger partial charge on any atom is -0.491 e. The number of para-hydroxylation sites is 1. The lowest BCUT2D eigenvalue weighted by Crippen LogP contribution is -2.50. The first-order chi connectivity index (χ1) is 14.0. The Kier molecular flexibility index (Phi) is 7.26. The van der Waals surface area contributed by atoms with E-state index in [1.54, 1.807) is 17.0 Å². The third-order valence-electron chi connectivity index (χ3n) is 4.62. The number of carbonyl (C=O) groups is 1. The standard InChI is InChI=1S/C20H22ClN3O5/c21-18-6-1-2-7-19(18)28-13-12-22-8-10-23(11-9-22)20(25)15-29-17-5-3-4-16(14-17)24(26)27/h1-7,14H,8-13,15H2. The molecule has 8 nitrogen and oxygen atoms in total. The summed E-state index contributed by atoms with van der Waals surface area (Å²) in [7, 11) is 0. The molecular formula is C20H22ClN3O5. The van der Waals surface area contributed by atoms with Gasteiger partial charge in [-0.1, -0.05) is 29.8 Å². The van der Waals surface area contributed by atoms with Crippen LogP contribution in [0.15, 0.2) is 48.5 Å². The fourth-order valence-electron chi connectivity index (χ4n) is 2.99. The summed E-state index contributed by atoms with van der Waals surface area (Å²) in [5.74, 6) is 0.840. The molecule has 0 bridgehead atoms. The molecule has 9 heteroatoms. The zero-order valence-electron chi connectivity index (χ0n) is 15.8. The van der Waals surface area contributed by atoms with Gasteiger partial charge < -0.3 is 14.4 Å². The van der Waals surface area contributed by atoms with Gasteiger partial charge in [-0.2, -0.15) is 0 Å². The van der Waals surface area contributed by atoms with Crippen molar-refractivity contribution in [1.82, 2.24) is 9.80 Å². The van der Waals surface area contributed by atoms with Crippen LogP contribution in [0.2, 0.25) is 5.02 Å². The summed E-state index contributed by atoms with van der Waals surface area (Å²) in [4.78, 5) is 26.6. The summed E-state index contributed by atoms with van der Waals surface area (Å²) in [5, 5.41) is 11.4. The van der Waals surface area contributed by atoms with Gasteiger partial charge in [0.05, 0.1) is 16.0 Å². The number of hydrogen-bond acceptors (Lipinski definition) is 6. The number of nitrogens with zero attached hydrogens (tertiary/aromatic N) is 3. The van der Waals surface area contributed by atoms with Gasteiger partial charge in [-0.05, 0) is 18.2 Å². The number of benzene rings is 2. The van der Waals surface area contributed by atoms with Crippen molar-refractivity contribution in [1.29, 1.82) is 0 Å². The third-order valence-corrected chi connectivity index (χ3v) is 4.93. The molecule has 0 radical (unpaired) electrons. The predicted molar refractivity (Wildman–Crippen MR) is 109 cm³/mol. The highest BCUT2D eigenvalue weighted by atomic mass is 35.5. The number of carbonyl (C=O) groups excluding carboxylic acids is 1. The molecule has 3 rings (SSSR count). The smallest absolute Gasteiger partial charge is 0.273 e. The second kappa shape index (κ2) is 10.1. The van der Waals surface area contributed by atoms with E-state index in [2.05, 4.69) is 4.90 Å². The van der Waals surface area contributed by atoms with Crippen molar-refractivity contribution in [3.8, 4) is 11.5 Å². The molecule has 0 aromatic heterocycles. The highest BCUT2D eigenvalue weighted by Crippen LogP contribution is 2.23. The highest BCUT2D eigenvalue weighted by molar-refractivity contribution is 6.32. The molecule has 0 saturated carbocycles. The van der Waals surface area contributed by atoms with E-state index in [0.29, 0.717) is 36.2 Å². The molecule has 2 aromatic carbocycles. The van der Waals surface area contributed by atoms with E-state index in [1.165, 1.54) is 18.2 Å². The molecule has 1 fully saturated rings. The lowest BCUT2D eigenvalue weighted by atomic mass is 10.3. The Morgan fingerprint density at radius 3 is 2.55 bits per heavy atom. The summed E-state index contributed by atoms with van der Waals surface area (Å²) in [6, 6.07) is 13.2. The number of hydrogen-bond donors (Lipinski definition) is 0. The van der Waals surface area contributed by atoms with Crippen LogP contribution in [0.5, 0.6) is 11.5 Å². The monoisotopic (exact) mass is 419 g/mol. The number of rotatable bonds is 8. The number of halogens is 1. The van der Waals surface area contributed by atoms with Crippen LogP contribution in [0, 0.1) is 10.1 Å². The Morgan fingerprint density at radius 1 is 1.07 bits per heavy atom. The third kappa shape index (κ3) is 6.07. The van der Waals surface area contributed by atoms with Gasteiger partial charge in [0.2, 0.25) is 0 Å². The normalized spacial score (nSPS) is 14.4. The molecule has 1 aliphatic rings. The fraction of sp³-hybridized carbons (Fsp3) is 0.350. The molecule has 1 heterocycles. The molecule has 1 amide bonds. The van der Waals surface area contributed by atoms with Gasteiger partial charge in [0.15, 0.2) is 6.61 Å². The molecule has 0 N–H and O–H groups in total. The molecule has 0 atom stereocenters. The van der Waals surface area contributed by atoms with Crippen LogP contribution in [0.1, 0.15) is 0 Å². The number of amides is 1.